The van der Waals surface area contributed by atoms with Crippen molar-refractivity contribution in [1.29, 1.82) is 0 Å². The molecule has 0 fully saturated rings. The fourth-order valence-corrected chi connectivity index (χ4v) is 2.44. The van der Waals surface area contributed by atoms with Gasteiger partial charge in [0.1, 0.15) is 11.9 Å². The molecule has 1 heterocycles. The van der Waals surface area contributed by atoms with Gasteiger partial charge in [0.05, 0.1) is 11.0 Å². The molecule has 0 N–H and O–H groups in total. The number of carbonyl (C=O) groups is 1. The lowest BCUT2D eigenvalue weighted by atomic mass is 10.2. The summed E-state index contributed by atoms with van der Waals surface area (Å²) in [5.41, 5.74) is 1.88. The summed E-state index contributed by atoms with van der Waals surface area (Å²) in [6.45, 7) is 1.90. The molecule has 0 radical (unpaired) electrons. The summed E-state index contributed by atoms with van der Waals surface area (Å²) >= 11 is 5.83. The van der Waals surface area contributed by atoms with Crippen LogP contribution in [0.3, 0.4) is 0 Å². The standard InChI is InChI=1S/C14H18ClN3O/c1-10(14(19)17(2)3)18-12-7-5-4-6-11(12)16-13(18)8-9-15/h4-7,10H,8-9H2,1-3H3. The largest absolute Gasteiger partial charge is 0.347 e. The molecule has 5 heteroatoms. The smallest absolute Gasteiger partial charge is 0.244 e. The van der Waals surface area contributed by atoms with E-state index >= 15 is 0 Å². The number of carbonyl (C=O) groups excluding carboxylic acids is 1. The van der Waals surface area contributed by atoms with Crippen LogP contribution in [-0.4, -0.2) is 40.3 Å². The maximum absolute atomic E-state index is 12.2. The molecule has 102 valence electrons. The number of aromatic nitrogens is 2. The predicted octanol–water partition coefficient (Wildman–Crippen LogP) is 2.47. The molecule has 0 bridgehead atoms. The van der Waals surface area contributed by atoms with Gasteiger partial charge in [-0.3, -0.25) is 4.79 Å². The molecule has 0 aliphatic rings. The Morgan fingerprint density at radius 1 is 1.42 bits per heavy atom. The normalized spacial score (nSPS) is 12.6. The summed E-state index contributed by atoms with van der Waals surface area (Å²) in [7, 11) is 3.53. The molecule has 1 unspecified atom stereocenters. The van der Waals surface area contributed by atoms with Crippen molar-refractivity contribution in [2.45, 2.75) is 19.4 Å². The highest BCUT2D eigenvalue weighted by Gasteiger charge is 2.22. The zero-order valence-electron chi connectivity index (χ0n) is 11.4. The van der Waals surface area contributed by atoms with E-state index in [2.05, 4.69) is 4.98 Å². The average molecular weight is 280 g/mol. The zero-order valence-corrected chi connectivity index (χ0v) is 12.2. The van der Waals surface area contributed by atoms with Crippen LogP contribution in [0.2, 0.25) is 0 Å². The summed E-state index contributed by atoms with van der Waals surface area (Å²) < 4.78 is 1.99. The van der Waals surface area contributed by atoms with Crippen LogP contribution in [0.25, 0.3) is 11.0 Å². The highest BCUT2D eigenvalue weighted by Crippen LogP contribution is 2.22. The second-order valence-electron chi connectivity index (χ2n) is 4.73. The molecule has 1 aromatic carbocycles. The van der Waals surface area contributed by atoms with Crippen LogP contribution in [-0.2, 0) is 11.2 Å². The molecule has 4 nitrogen and oxygen atoms in total. The Kier molecular flexibility index (Phi) is 4.10. The van der Waals surface area contributed by atoms with Gasteiger partial charge in [0, 0.05) is 26.4 Å². The zero-order chi connectivity index (χ0) is 14.0. The van der Waals surface area contributed by atoms with Crippen molar-refractivity contribution in [1.82, 2.24) is 14.5 Å². The summed E-state index contributed by atoms with van der Waals surface area (Å²) in [5, 5.41) is 0. The number of amides is 1. The van der Waals surface area contributed by atoms with E-state index in [0.717, 1.165) is 16.9 Å². The average Bonchev–Trinajstić information content (AvgIpc) is 2.75. The second-order valence-corrected chi connectivity index (χ2v) is 5.11. The second kappa shape index (κ2) is 5.61. The summed E-state index contributed by atoms with van der Waals surface area (Å²) in [6, 6.07) is 7.57. The van der Waals surface area contributed by atoms with Gasteiger partial charge < -0.3 is 9.47 Å². The Bertz CT molecular complexity index is 591. The lowest BCUT2D eigenvalue weighted by molar-refractivity contribution is -0.131. The predicted molar refractivity (Wildman–Crippen MR) is 77.6 cm³/mol. The van der Waals surface area contributed by atoms with Gasteiger partial charge in [-0.1, -0.05) is 12.1 Å². The van der Waals surface area contributed by atoms with Crippen molar-refractivity contribution in [3.8, 4) is 0 Å². The highest BCUT2D eigenvalue weighted by atomic mass is 35.5. The van der Waals surface area contributed by atoms with Crippen molar-refractivity contribution in [3.63, 3.8) is 0 Å². The Hall–Kier alpha value is -1.55. The molecular weight excluding hydrogens is 262 g/mol. The Morgan fingerprint density at radius 3 is 2.74 bits per heavy atom. The Balaban J connectivity index is 2.55. The molecule has 1 aromatic heterocycles. The van der Waals surface area contributed by atoms with Crippen molar-refractivity contribution in [2.24, 2.45) is 0 Å². The lowest BCUT2D eigenvalue weighted by Gasteiger charge is -2.20. The number of para-hydroxylation sites is 2. The van der Waals surface area contributed by atoms with Crippen LogP contribution < -0.4 is 0 Å². The van der Waals surface area contributed by atoms with Gasteiger partial charge >= 0.3 is 0 Å². The number of hydrogen-bond donors (Lipinski definition) is 0. The fraction of sp³-hybridized carbons (Fsp3) is 0.429. The lowest BCUT2D eigenvalue weighted by Crippen LogP contribution is -2.30. The Labute approximate surface area is 118 Å². The molecule has 0 spiro atoms. The number of halogens is 1. The molecule has 19 heavy (non-hydrogen) atoms. The Morgan fingerprint density at radius 2 is 2.11 bits per heavy atom. The minimum atomic E-state index is -0.277. The molecule has 1 atom stereocenters. The van der Waals surface area contributed by atoms with E-state index in [1.807, 2.05) is 35.8 Å². The van der Waals surface area contributed by atoms with Gasteiger partial charge in [-0.25, -0.2) is 4.98 Å². The van der Waals surface area contributed by atoms with Crippen LogP contribution >= 0.6 is 11.6 Å². The van der Waals surface area contributed by atoms with E-state index in [1.165, 1.54) is 0 Å². The molecule has 2 rings (SSSR count). The van der Waals surface area contributed by atoms with Gasteiger partial charge in [0.25, 0.3) is 0 Å². The molecule has 0 aliphatic heterocycles. The summed E-state index contributed by atoms with van der Waals surface area (Å²) in [6.07, 6.45) is 0.654. The fourth-order valence-electron chi connectivity index (χ4n) is 2.27. The van der Waals surface area contributed by atoms with Crippen LogP contribution in [0.4, 0.5) is 0 Å². The van der Waals surface area contributed by atoms with Gasteiger partial charge in [-0.05, 0) is 19.1 Å². The van der Waals surface area contributed by atoms with Crippen LogP contribution in [0.15, 0.2) is 24.3 Å². The van der Waals surface area contributed by atoms with Crippen molar-refractivity contribution >= 4 is 28.5 Å². The molecular formula is C14H18ClN3O. The first-order chi connectivity index (χ1) is 9.06. The minimum Gasteiger partial charge on any atom is -0.347 e. The van der Waals surface area contributed by atoms with Crippen molar-refractivity contribution in [3.05, 3.63) is 30.1 Å². The molecule has 1 amide bonds. The first kappa shape index (κ1) is 13.9. The number of alkyl halides is 1. The third kappa shape index (κ3) is 2.59. The molecule has 0 aliphatic carbocycles. The number of imidazole rings is 1. The number of benzene rings is 1. The number of nitrogens with zero attached hydrogens (tertiary/aromatic N) is 3. The van der Waals surface area contributed by atoms with E-state index in [1.54, 1.807) is 19.0 Å². The van der Waals surface area contributed by atoms with E-state index in [0.29, 0.717) is 12.3 Å². The van der Waals surface area contributed by atoms with E-state index < -0.39 is 0 Å². The number of aryl methyl sites for hydroxylation is 1. The van der Waals surface area contributed by atoms with Gasteiger partial charge in [-0.15, -0.1) is 11.6 Å². The van der Waals surface area contributed by atoms with Crippen molar-refractivity contribution < 1.29 is 4.79 Å². The number of rotatable bonds is 4. The van der Waals surface area contributed by atoms with Gasteiger partial charge in [-0.2, -0.15) is 0 Å². The molecule has 0 saturated carbocycles. The third-order valence-corrected chi connectivity index (χ3v) is 3.36. The first-order valence-electron chi connectivity index (χ1n) is 6.29. The van der Waals surface area contributed by atoms with Crippen molar-refractivity contribution in [2.75, 3.05) is 20.0 Å². The van der Waals surface area contributed by atoms with Gasteiger partial charge in [0.2, 0.25) is 5.91 Å². The molecule has 2 aromatic rings. The quantitative estimate of drug-likeness (QED) is 0.807. The topological polar surface area (TPSA) is 38.1 Å². The highest BCUT2D eigenvalue weighted by molar-refractivity contribution is 6.17. The monoisotopic (exact) mass is 279 g/mol. The number of likely N-dealkylation sites (N-methyl/N-ethyl adjacent to an activating group) is 1. The van der Waals surface area contributed by atoms with Crippen LogP contribution in [0.1, 0.15) is 18.8 Å². The summed E-state index contributed by atoms with van der Waals surface area (Å²) in [5.74, 6) is 1.41. The van der Waals surface area contributed by atoms with E-state index in [4.69, 9.17) is 11.6 Å². The summed E-state index contributed by atoms with van der Waals surface area (Å²) in [4.78, 5) is 18.4. The number of hydrogen-bond acceptors (Lipinski definition) is 2. The van der Waals surface area contributed by atoms with Crippen LogP contribution in [0.5, 0.6) is 0 Å². The SMILES string of the molecule is CC(C(=O)N(C)C)n1c(CCCl)nc2ccccc21. The maximum atomic E-state index is 12.2. The van der Waals surface area contributed by atoms with E-state index in [9.17, 15) is 4.79 Å². The molecule has 0 saturated heterocycles. The van der Waals surface area contributed by atoms with Gasteiger partial charge in [0.15, 0.2) is 0 Å². The third-order valence-electron chi connectivity index (χ3n) is 3.17. The van der Waals surface area contributed by atoms with Crippen LogP contribution in [0, 0.1) is 0 Å². The first-order valence-corrected chi connectivity index (χ1v) is 6.82. The van der Waals surface area contributed by atoms with E-state index in [-0.39, 0.29) is 11.9 Å². The minimum absolute atomic E-state index is 0.0546. The number of fused-ring (bicyclic) bond motifs is 1. The maximum Gasteiger partial charge on any atom is 0.244 e.